The molecule has 1 aromatic rings. The Morgan fingerprint density at radius 2 is 1.90 bits per heavy atom. The molecule has 1 saturated heterocycles. The Morgan fingerprint density at radius 3 is 2.38 bits per heavy atom. The number of aryl methyl sites for hydroxylation is 1. The van der Waals surface area contributed by atoms with Crippen LogP contribution in [0.1, 0.15) is 44.2 Å². The van der Waals surface area contributed by atoms with Gasteiger partial charge in [0.05, 0.1) is 11.0 Å². The molecule has 21 heavy (non-hydrogen) atoms. The lowest BCUT2D eigenvalue weighted by atomic mass is 9.90. The predicted octanol–water partition coefficient (Wildman–Crippen LogP) is 2.65. The van der Waals surface area contributed by atoms with Gasteiger partial charge in [-0.2, -0.15) is 0 Å². The van der Waals surface area contributed by atoms with Crippen LogP contribution >= 0.6 is 0 Å². The van der Waals surface area contributed by atoms with Gasteiger partial charge in [0.2, 0.25) is 5.91 Å². The molecular weight excluding hydrogens is 262 g/mol. The average Bonchev–Trinajstić information content (AvgIpc) is 3.06. The van der Waals surface area contributed by atoms with E-state index in [1.807, 2.05) is 18.7 Å². The number of carbonyl (C=O) groups is 1. The summed E-state index contributed by atoms with van der Waals surface area (Å²) in [6, 6.07) is 8.38. The molecule has 0 radical (unpaired) electrons. The Bertz CT molecular complexity index is 537. The largest absolute Gasteiger partial charge is 0.390 e. The molecule has 1 heterocycles. The fraction of sp³-hybridized carbons (Fsp3) is 0.611. The first kappa shape index (κ1) is 14.6. The number of aliphatic hydroxyl groups is 1. The highest BCUT2D eigenvalue weighted by Crippen LogP contribution is 2.50. The minimum absolute atomic E-state index is 0.190. The van der Waals surface area contributed by atoms with Crippen molar-refractivity contribution in [3.63, 3.8) is 0 Å². The van der Waals surface area contributed by atoms with E-state index in [9.17, 15) is 9.90 Å². The van der Waals surface area contributed by atoms with Gasteiger partial charge < -0.3 is 10.0 Å². The summed E-state index contributed by atoms with van der Waals surface area (Å²) in [5, 5.41) is 10.1. The van der Waals surface area contributed by atoms with E-state index in [0.717, 1.165) is 31.4 Å². The van der Waals surface area contributed by atoms with E-state index in [1.54, 1.807) is 0 Å². The topological polar surface area (TPSA) is 40.5 Å². The standard InChI is InChI=1S/C18H25NO2/c1-13-4-6-14(7-5-13)18(9-10-18)16(20)19-11-8-15(12-19)17(2,3)21/h4-7,15,21H,8-12H2,1-3H3/t15-/m0/s1. The van der Waals surface area contributed by atoms with Crippen LogP contribution in [0.5, 0.6) is 0 Å². The summed E-state index contributed by atoms with van der Waals surface area (Å²) in [7, 11) is 0. The van der Waals surface area contributed by atoms with E-state index >= 15 is 0 Å². The van der Waals surface area contributed by atoms with Crippen LogP contribution in [-0.2, 0) is 10.2 Å². The van der Waals surface area contributed by atoms with Crippen molar-refractivity contribution in [2.45, 2.75) is 51.0 Å². The van der Waals surface area contributed by atoms with Crippen LogP contribution in [0.3, 0.4) is 0 Å². The first-order valence-electron chi connectivity index (χ1n) is 7.92. The molecule has 1 saturated carbocycles. The van der Waals surface area contributed by atoms with Crippen LogP contribution in [0.2, 0.25) is 0 Å². The summed E-state index contributed by atoms with van der Waals surface area (Å²) in [4.78, 5) is 14.9. The van der Waals surface area contributed by atoms with Gasteiger partial charge in [-0.05, 0) is 45.6 Å². The zero-order chi connectivity index (χ0) is 15.3. The van der Waals surface area contributed by atoms with Crippen LogP contribution in [0.25, 0.3) is 0 Å². The smallest absolute Gasteiger partial charge is 0.233 e. The number of amides is 1. The molecule has 0 unspecified atom stereocenters. The molecular formula is C18H25NO2. The van der Waals surface area contributed by atoms with Crippen molar-refractivity contribution < 1.29 is 9.90 Å². The number of benzene rings is 1. The molecule has 1 aliphatic heterocycles. The zero-order valence-electron chi connectivity index (χ0n) is 13.2. The Labute approximate surface area is 127 Å². The van der Waals surface area contributed by atoms with Crippen LogP contribution in [0, 0.1) is 12.8 Å². The normalized spacial score (nSPS) is 24.2. The molecule has 0 spiro atoms. The summed E-state index contributed by atoms with van der Waals surface area (Å²) < 4.78 is 0. The minimum atomic E-state index is -0.699. The van der Waals surface area contributed by atoms with Crippen LogP contribution < -0.4 is 0 Å². The van der Waals surface area contributed by atoms with Crippen molar-refractivity contribution >= 4 is 5.91 Å². The molecule has 1 aromatic carbocycles. The van der Waals surface area contributed by atoms with Crippen molar-refractivity contribution in [3.05, 3.63) is 35.4 Å². The number of likely N-dealkylation sites (tertiary alicyclic amines) is 1. The molecule has 0 aromatic heterocycles. The van der Waals surface area contributed by atoms with Gasteiger partial charge in [0.25, 0.3) is 0 Å². The lowest BCUT2D eigenvalue weighted by Gasteiger charge is -2.27. The molecule has 3 heteroatoms. The van der Waals surface area contributed by atoms with Gasteiger partial charge in [-0.25, -0.2) is 0 Å². The number of nitrogens with zero attached hydrogens (tertiary/aromatic N) is 1. The van der Waals surface area contributed by atoms with Gasteiger partial charge in [0.1, 0.15) is 0 Å². The number of hydrogen-bond donors (Lipinski definition) is 1. The summed E-state index contributed by atoms with van der Waals surface area (Å²) in [6.07, 6.45) is 2.82. The van der Waals surface area contributed by atoms with E-state index in [0.29, 0.717) is 6.54 Å². The molecule has 1 aliphatic carbocycles. The van der Waals surface area contributed by atoms with Gasteiger partial charge in [0.15, 0.2) is 0 Å². The van der Waals surface area contributed by atoms with Crippen molar-refractivity contribution in [1.82, 2.24) is 4.90 Å². The third kappa shape index (κ3) is 2.59. The Balaban J connectivity index is 1.75. The Kier molecular flexibility index (Phi) is 3.36. The second-order valence-corrected chi connectivity index (χ2v) is 7.34. The molecule has 114 valence electrons. The number of rotatable bonds is 3. The van der Waals surface area contributed by atoms with E-state index in [2.05, 4.69) is 31.2 Å². The fourth-order valence-corrected chi connectivity index (χ4v) is 3.45. The SMILES string of the molecule is Cc1ccc(C2(C(=O)N3CC[C@H](C(C)(C)O)C3)CC2)cc1. The van der Waals surface area contributed by atoms with Gasteiger partial charge in [-0.15, -0.1) is 0 Å². The molecule has 3 nitrogen and oxygen atoms in total. The van der Waals surface area contributed by atoms with Crippen molar-refractivity contribution in [2.75, 3.05) is 13.1 Å². The monoisotopic (exact) mass is 287 g/mol. The maximum absolute atomic E-state index is 12.9. The zero-order valence-corrected chi connectivity index (χ0v) is 13.2. The van der Waals surface area contributed by atoms with E-state index < -0.39 is 5.60 Å². The quantitative estimate of drug-likeness (QED) is 0.928. The Morgan fingerprint density at radius 1 is 1.29 bits per heavy atom. The summed E-state index contributed by atoms with van der Waals surface area (Å²) >= 11 is 0. The van der Waals surface area contributed by atoms with Crippen molar-refractivity contribution in [3.8, 4) is 0 Å². The third-order valence-electron chi connectivity index (χ3n) is 5.24. The highest BCUT2D eigenvalue weighted by molar-refractivity contribution is 5.91. The molecule has 1 amide bonds. The van der Waals surface area contributed by atoms with Crippen LogP contribution in [0.15, 0.2) is 24.3 Å². The van der Waals surface area contributed by atoms with Gasteiger partial charge >= 0.3 is 0 Å². The fourth-order valence-electron chi connectivity index (χ4n) is 3.45. The van der Waals surface area contributed by atoms with Gasteiger partial charge in [0, 0.05) is 19.0 Å². The lowest BCUT2D eigenvalue weighted by molar-refractivity contribution is -0.133. The molecule has 2 aliphatic rings. The second kappa shape index (κ2) is 4.84. The van der Waals surface area contributed by atoms with Crippen LogP contribution in [-0.4, -0.2) is 34.6 Å². The first-order valence-corrected chi connectivity index (χ1v) is 7.92. The maximum atomic E-state index is 12.9. The van der Waals surface area contributed by atoms with Crippen molar-refractivity contribution in [2.24, 2.45) is 5.92 Å². The molecule has 1 atom stereocenters. The highest BCUT2D eigenvalue weighted by Gasteiger charge is 2.54. The predicted molar refractivity (Wildman–Crippen MR) is 83.1 cm³/mol. The average molecular weight is 287 g/mol. The first-order chi connectivity index (χ1) is 9.83. The molecule has 1 N–H and O–H groups in total. The van der Waals surface area contributed by atoms with E-state index in [-0.39, 0.29) is 17.2 Å². The van der Waals surface area contributed by atoms with Gasteiger partial charge in [-0.3, -0.25) is 4.79 Å². The Hall–Kier alpha value is -1.35. The number of hydrogen-bond acceptors (Lipinski definition) is 2. The lowest BCUT2D eigenvalue weighted by Crippen LogP contribution is -2.40. The maximum Gasteiger partial charge on any atom is 0.233 e. The molecule has 3 rings (SSSR count). The third-order valence-corrected chi connectivity index (χ3v) is 5.24. The highest BCUT2D eigenvalue weighted by atomic mass is 16.3. The van der Waals surface area contributed by atoms with Crippen molar-refractivity contribution in [1.29, 1.82) is 0 Å². The second-order valence-electron chi connectivity index (χ2n) is 7.34. The summed E-state index contributed by atoms with van der Waals surface area (Å²) in [5.74, 6) is 0.452. The van der Waals surface area contributed by atoms with E-state index in [1.165, 1.54) is 5.56 Å². The summed E-state index contributed by atoms with van der Waals surface area (Å²) in [6.45, 7) is 7.23. The minimum Gasteiger partial charge on any atom is -0.390 e. The van der Waals surface area contributed by atoms with Gasteiger partial charge in [-0.1, -0.05) is 29.8 Å². The number of carbonyl (C=O) groups excluding carboxylic acids is 1. The molecule has 2 fully saturated rings. The van der Waals surface area contributed by atoms with Crippen LogP contribution in [0.4, 0.5) is 0 Å². The molecule has 0 bridgehead atoms. The van der Waals surface area contributed by atoms with E-state index in [4.69, 9.17) is 0 Å². The summed E-state index contributed by atoms with van der Waals surface area (Å²) in [5.41, 5.74) is 1.41.